The van der Waals surface area contributed by atoms with Crippen molar-refractivity contribution in [3.8, 4) is 11.5 Å². The smallest absolute Gasteiger partial charge is 0.251 e. The second-order valence-corrected chi connectivity index (χ2v) is 5.36. The molecule has 5 heteroatoms. The maximum atomic E-state index is 12.3. The lowest BCUT2D eigenvalue weighted by Gasteiger charge is -2.18. The Bertz CT molecular complexity index is 426. The summed E-state index contributed by atoms with van der Waals surface area (Å²) in [4.78, 5) is 12.3. The van der Waals surface area contributed by atoms with E-state index in [1.807, 2.05) is 0 Å². The van der Waals surface area contributed by atoms with Crippen LogP contribution in [0.25, 0.3) is 0 Å². The van der Waals surface area contributed by atoms with Gasteiger partial charge in [0.15, 0.2) is 0 Å². The molecular formula is C15H22ClNO3. The number of halogens is 1. The van der Waals surface area contributed by atoms with Crippen molar-refractivity contribution in [3.63, 3.8) is 0 Å². The third-order valence-corrected chi connectivity index (χ3v) is 3.26. The van der Waals surface area contributed by atoms with E-state index in [0.29, 0.717) is 28.9 Å². The van der Waals surface area contributed by atoms with Crippen LogP contribution in [-0.2, 0) is 0 Å². The molecule has 1 N–H and O–H groups in total. The van der Waals surface area contributed by atoms with Crippen molar-refractivity contribution in [2.75, 3.05) is 20.1 Å². The van der Waals surface area contributed by atoms with Crippen molar-refractivity contribution in [3.05, 3.63) is 23.8 Å². The number of nitrogens with one attached hydrogen (secondary N) is 1. The highest BCUT2D eigenvalue weighted by Gasteiger charge is 2.16. The number of hydrogen-bond acceptors (Lipinski definition) is 3. The van der Waals surface area contributed by atoms with Gasteiger partial charge in [0.1, 0.15) is 11.5 Å². The molecule has 0 aromatic heterocycles. The summed E-state index contributed by atoms with van der Waals surface area (Å²) in [6, 6.07) is 5.04. The second-order valence-electron chi connectivity index (χ2n) is 5.06. The maximum Gasteiger partial charge on any atom is 0.251 e. The molecule has 0 bridgehead atoms. The molecule has 0 spiro atoms. The van der Waals surface area contributed by atoms with Crippen molar-refractivity contribution >= 4 is 17.5 Å². The fourth-order valence-electron chi connectivity index (χ4n) is 1.94. The highest BCUT2D eigenvalue weighted by Crippen LogP contribution is 2.22. The van der Waals surface area contributed by atoms with Crippen molar-refractivity contribution in [2.45, 2.75) is 26.3 Å². The van der Waals surface area contributed by atoms with Gasteiger partial charge in [-0.3, -0.25) is 4.79 Å². The van der Waals surface area contributed by atoms with Gasteiger partial charge in [-0.25, -0.2) is 0 Å². The van der Waals surface area contributed by atoms with Crippen molar-refractivity contribution in [2.24, 2.45) is 5.92 Å². The van der Waals surface area contributed by atoms with Gasteiger partial charge in [0, 0.05) is 23.6 Å². The van der Waals surface area contributed by atoms with E-state index >= 15 is 0 Å². The Labute approximate surface area is 125 Å². The summed E-state index contributed by atoms with van der Waals surface area (Å²) >= 11 is 5.90. The Hall–Kier alpha value is -1.42. The summed E-state index contributed by atoms with van der Waals surface area (Å²) in [5, 5.41) is 2.93. The van der Waals surface area contributed by atoms with E-state index < -0.39 is 0 Å². The predicted octanol–water partition coefficient (Wildman–Crippen LogP) is 3.09. The number of rotatable bonds is 7. The molecule has 0 aliphatic heterocycles. The van der Waals surface area contributed by atoms with E-state index in [0.717, 1.165) is 6.42 Å². The van der Waals surface area contributed by atoms with Gasteiger partial charge in [-0.15, -0.1) is 11.6 Å². The van der Waals surface area contributed by atoms with E-state index in [9.17, 15) is 4.79 Å². The Balaban J connectivity index is 2.85. The molecule has 0 fully saturated rings. The number of carbonyl (C=O) groups is 1. The summed E-state index contributed by atoms with van der Waals surface area (Å²) in [5.41, 5.74) is 0.500. The summed E-state index contributed by atoms with van der Waals surface area (Å²) in [7, 11) is 3.10. The first kappa shape index (κ1) is 16.6. The molecule has 20 heavy (non-hydrogen) atoms. The van der Waals surface area contributed by atoms with E-state index in [-0.39, 0.29) is 11.9 Å². The highest BCUT2D eigenvalue weighted by atomic mass is 35.5. The lowest BCUT2D eigenvalue weighted by atomic mass is 10.0. The summed E-state index contributed by atoms with van der Waals surface area (Å²) in [6.07, 6.45) is 0.844. The van der Waals surface area contributed by atoms with Gasteiger partial charge >= 0.3 is 0 Å². The minimum Gasteiger partial charge on any atom is -0.497 e. The van der Waals surface area contributed by atoms with Gasteiger partial charge in [-0.05, 0) is 24.5 Å². The molecule has 0 aliphatic carbocycles. The first-order chi connectivity index (χ1) is 9.49. The molecular weight excluding hydrogens is 278 g/mol. The van der Waals surface area contributed by atoms with Crippen LogP contribution in [-0.4, -0.2) is 32.0 Å². The average molecular weight is 300 g/mol. The van der Waals surface area contributed by atoms with Crippen LogP contribution in [0.1, 0.15) is 30.6 Å². The number of alkyl halides is 1. The SMILES string of the molecule is COc1cc(OC)cc(C(=O)NC(CCl)CC(C)C)c1. The van der Waals surface area contributed by atoms with E-state index in [1.165, 1.54) is 0 Å². The summed E-state index contributed by atoms with van der Waals surface area (Å²) < 4.78 is 10.3. The molecule has 0 aliphatic rings. The normalized spacial score (nSPS) is 12.1. The van der Waals surface area contributed by atoms with Crippen LogP contribution in [0.4, 0.5) is 0 Å². The summed E-state index contributed by atoms with van der Waals surface area (Å²) in [6.45, 7) is 4.19. The number of hydrogen-bond donors (Lipinski definition) is 1. The number of ether oxygens (including phenoxy) is 2. The van der Waals surface area contributed by atoms with E-state index in [2.05, 4.69) is 19.2 Å². The molecule has 0 saturated heterocycles. The summed E-state index contributed by atoms with van der Waals surface area (Å²) in [5.74, 6) is 1.86. The van der Waals surface area contributed by atoms with Crippen LogP contribution in [0.2, 0.25) is 0 Å². The fraction of sp³-hybridized carbons (Fsp3) is 0.533. The lowest BCUT2D eigenvalue weighted by Crippen LogP contribution is -2.37. The Morgan fingerprint density at radius 3 is 2.15 bits per heavy atom. The van der Waals surface area contributed by atoms with Crippen LogP contribution in [0.15, 0.2) is 18.2 Å². The van der Waals surface area contributed by atoms with E-state index in [4.69, 9.17) is 21.1 Å². The van der Waals surface area contributed by atoms with Gasteiger partial charge in [0.25, 0.3) is 5.91 Å². The molecule has 0 radical (unpaired) electrons. The van der Waals surface area contributed by atoms with Crippen LogP contribution >= 0.6 is 11.6 Å². The first-order valence-corrected chi connectivity index (χ1v) is 7.13. The number of amides is 1. The molecule has 0 saturated carbocycles. The van der Waals surface area contributed by atoms with Crippen molar-refractivity contribution in [1.82, 2.24) is 5.32 Å². The molecule has 1 amide bonds. The number of carbonyl (C=O) groups excluding carboxylic acids is 1. The largest absolute Gasteiger partial charge is 0.497 e. The zero-order valence-corrected chi connectivity index (χ0v) is 13.2. The minimum atomic E-state index is -0.173. The van der Waals surface area contributed by atoms with Crippen molar-refractivity contribution < 1.29 is 14.3 Å². The standard InChI is InChI=1S/C15H22ClNO3/c1-10(2)5-12(9-16)17-15(18)11-6-13(19-3)8-14(7-11)20-4/h6-8,10,12H,5,9H2,1-4H3,(H,17,18). The number of benzene rings is 1. The first-order valence-electron chi connectivity index (χ1n) is 6.60. The molecule has 1 aromatic carbocycles. The molecule has 1 aromatic rings. The molecule has 1 unspecified atom stereocenters. The average Bonchev–Trinajstić information content (AvgIpc) is 2.45. The highest BCUT2D eigenvalue weighted by molar-refractivity contribution is 6.18. The van der Waals surface area contributed by atoms with Gasteiger partial charge in [-0.2, -0.15) is 0 Å². The Morgan fingerprint density at radius 2 is 1.75 bits per heavy atom. The van der Waals surface area contributed by atoms with Gasteiger partial charge in [0.2, 0.25) is 0 Å². The van der Waals surface area contributed by atoms with Gasteiger partial charge < -0.3 is 14.8 Å². The molecule has 1 atom stereocenters. The Kier molecular flexibility index (Phi) is 6.65. The zero-order chi connectivity index (χ0) is 15.1. The molecule has 0 heterocycles. The molecule has 112 valence electrons. The molecule has 4 nitrogen and oxygen atoms in total. The molecule has 1 rings (SSSR count). The second kappa shape index (κ2) is 8.00. The van der Waals surface area contributed by atoms with Crippen LogP contribution in [0.3, 0.4) is 0 Å². The van der Waals surface area contributed by atoms with Crippen LogP contribution < -0.4 is 14.8 Å². The topological polar surface area (TPSA) is 47.6 Å². The lowest BCUT2D eigenvalue weighted by molar-refractivity contribution is 0.0936. The monoisotopic (exact) mass is 299 g/mol. The van der Waals surface area contributed by atoms with Crippen molar-refractivity contribution in [1.29, 1.82) is 0 Å². The zero-order valence-electron chi connectivity index (χ0n) is 12.4. The van der Waals surface area contributed by atoms with Gasteiger partial charge in [0.05, 0.1) is 14.2 Å². The Morgan fingerprint density at radius 1 is 1.20 bits per heavy atom. The quantitative estimate of drug-likeness (QED) is 0.787. The third-order valence-electron chi connectivity index (χ3n) is 2.89. The minimum absolute atomic E-state index is 0.0404. The fourth-order valence-corrected chi connectivity index (χ4v) is 2.14. The predicted molar refractivity (Wildman–Crippen MR) is 81.0 cm³/mol. The maximum absolute atomic E-state index is 12.3. The third kappa shape index (κ3) is 4.93. The number of methoxy groups -OCH3 is 2. The van der Waals surface area contributed by atoms with Gasteiger partial charge in [-0.1, -0.05) is 13.8 Å². The van der Waals surface area contributed by atoms with E-state index in [1.54, 1.807) is 32.4 Å². The van der Waals surface area contributed by atoms with Crippen LogP contribution in [0, 0.1) is 5.92 Å². The van der Waals surface area contributed by atoms with Crippen LogP contribution in [0.5, 0.6) is 11.5 Å².